The summed E-state index contributed by atoms with van der Waals surface area (Å²) in [7, 11) is 1.24. The van der Waals surface area contributed by atoms with E-state index >= 15 is 0 Å². The second-order valence-electron chi connectivity index (χ2n) is 18.2. The first kappa shape index (κ1) is 57.7. The zero-order chi connectivity index (χ0) is 43.6. The van der Waals surface area contributed by atoms with Crippen LogP contribution in [0, 0.1) is 0 Å². The van der Waals surface area contributed by atoms with Crippen molar-refractivity contribution in [2.75, 3.05) is 40.9 Å². The first-order valence-corrected chi connectivity index (χ1v) is 26.3. The smallest absolute Gasteiger partial charge is 0.268 e. The van der Waals surface area contributed by atoms with Gasteiger partial charge in [-0.1, -0.05) is 211 Å². The summed E-state index contributed by atoms with van der Waals surface area (Å²) in [6.07, 6.45) is 52.0. The Balaban J connectivity index is 4.41. The number of phosphoric ester groups is 1. The molecule has 0 aliphatic heterocycles. The number of allylic oxidation sites excluding steroid dienone is 5. The molecule has 0 spiro atoms. The van der Waals surface area contributed by atoms with Gasteiger partial charge in [0.2, 0.25) is 5.91 Å². The molecular weight excluding hydrogens is 756 g/mol. The van der Waals surface area contributed by atoms with Crippen molar-refractivity contribution in [3.63, 3.8) is 0 Å². The molecule has 0 bridgehead atoms. The maximum atomic E-state index is 12.9. The van der Waals surface area contributed by atoms with Gasteiger partial charge in [-0.25, -0.2) is 0 Å². The Bertz CT molecular complexity index is 1060. The number of nitrogens with zero attached hydrogens (tertiary/aromatic N) is 1. The maximum absolute atomic E-state index is 12.9. The molecule has 0 aromatic rings. The highest BCUT2D eigenvalue weighted by Crippen LogP contribution is 2.38. The van der Waals surface area contributed by atoms with Crippen molar-refractivity contribution < 1.29 is 32.9 Å². The fourth-order valence-electron chi connectivity index (χ4n) is 7.13. The van der Waals surface area contributed by atoms with Crippen LogP contribution < -0.4 is 10.2 Å². The number of carbonyl (C=O) groups excluding carboxylic acids is 1. The number of aliphatic hydroxyl groups is 1. The molecule has 0 aliphatic rings. The van der Waals surface area contributed by atoms with Crippen LogP contribution in [0.3, 0.4) is 0 Å². The van der Waals surface area contributed by atoms with E-state index in [2.05, 4.69) is 43.5 Å². The van der Waals surface area contributed by atoms with Crippen LogP contribution in [0.1, 0.15) is 226 Å². The number of rotatable bonds is 45. The molecule has 0 aliphatic carbocycles. The van der Waals surface area contributed by atoms with E-state index in [0.717, 1.165) is 44.9 Å². The van der Waals surface area contributed by atoms with Crippen LogP contribution in [-0.2, 0) is 18.4 Å². The van der Waals surface area contributed by atoms with Gasteiger partial charge in [0.25, 0.3) is 7.82 Å². The molecule has 9 heteroatoms. The number of amides is 1. The summed E-state index contributed by atoms with van der Waals surface area (Å²) in [4.78, 5) is 25.4. The summed E-state index contributed by atoms with van der Waals surface area (Å²) >= 11 is 0. The Kier molecular flexibility index (Phi) is 41.1. The molecule has 0 aromatic carbocycles. The van der Waals surface area contributed by atoms with Gasteiger partial charge in [-0.05, 0) is 44.9 Å². The lowest BCUT2D eigenvalue weighted by Crippen LogP contribution is -2.45. The van der Waals surface area contributed by atoms with E-state index in [0.29, 0.717) is 17.4 Å². The number of aliphatic hydroxyl groups excluding tert-OH is 1. The van der Waals surface area contributed by atoms with Crippen LogP contribution in [0.4, 0.5) is 0 Å². The largest absolute Gasteiger partial charge is 0.756 e. The average Bonchev–Trinajstić information content (AvgIpc) is 3.19. The van der Waals surface area contributed by atoms with E-state index in [1.54, 1.807) is 6.08 Å². The summed E-state index contributed by atoms with van der Waals surface area (Å²) in [5, 5.41) is 13.8. The molecule has 2 N–H and O–H groups in total. The second kappa shape index (κ2) is 42.0. The van der Waals surface area contributed by atoms with Crippen LogP contribution >= 0.6 is 7.82 Å². The second-order valence-corrected chi connectivity index (χ2v) is 19.6. The van der Waals surface area contributed by atoms with Crippen LogP contribution in [0.2, 0.25) is 0 Å². The van der Waals surface area contributed by atoms with E-state index in [9.17, 15) is 19.4 Å². The Morgan fingerprint density at radius 3 is 1.37 bits per heavy atom. The van der Waals surface area contributed by atoms with Crippen molar-refractivity contribution in [2.45, 2.75) is 238 Å². The van der Waals surface area contributed by atoms with Gasteiger partial charge in [0.15, 0.2) is 0 Å². The normalized spacial score (nSPS) is 14.5. The topological polar surface area (TPSA) is 108 Å². The van der Waals surface area contributed by atoms with Crippen LogP contribution in [0.5, 0.6) is 0 Å². The summed E-state index contributed by atoms with van der Waals surface area (Å²) in [5.74, 6) is -0.209. The minimum atomic E-state index is -4.60. The number of carbonyl (C=O) groups is 1. The van der Waals surface area contributed by atoms with Crippen LogP contribution in [0.25, 0.3) is 0 Å². The molecule has 0 saturated heterocycles. The molecule has 59 heavy (non-hydrogen) atoms. The SMILES string of the molecule is CCCCCCCCCCCC/C=C/CC/C=C/CC/C=C/C(O)C(COP(=O)([O-])OCC[N+](C)(C)C)NC(=O)CCCCCCCCCCCCCCCCCCC. The van der Waals surface area contributed by atoms with Crippen LogP contribution in [0.15, 0.2) is 36.5 Å². The molecule has 0 aromatic heterocycles. The Morgan fingerprint density at radius 2 is 0.949 bits per heavy atom. The van der Waals surface area contributed by atoms with Crippen molar-refractivity contribution in [2.24, 2.45) is 0 Å². The fourth-order valence-corrected chi connectivity index (χ4v) is 7.85. The van der Waals surface area contributed by atoms with Crippen LogP contribution in [-0.4, -0.2) is 68.5 Å². The zero-order valence-electron chi connectivity index (χ0n) is 39.5. The molecule has 0 radical (unpaired) electrons. The molecule has 0 rings (SSSR count). The number of nitrogens with one attached hydrogen (secondary N) is 1. The van der Waals surface area contributed by atoms with Crippen molar-refractivity contribution in [1.82, 2.24) is 5.32 Å². The predicted molar refractivity (Wildman–Crippen MR) is 251 cm³/mol. The van der Waals surface area contributed by atoms with Gasteiger partial charge < -0.3 is 28.8 Å². The Hall–Kier alpha value is -1.28. The number of likely N-dealkylation sites (N-methyl/N-ethyl adjacent to an activating group) is 1. The molecule has 8 nitrogen and oxygen atoms in total. The molecule has 3 atom stereocenters. The lowest BCUT2D eigenvalue weighted by atomic mass is 10.0. The molecule has 0 saturated carbocycles. The number of hydrogen-bond acceptors (Lipinski definition) is 6. The molecule has 1 amide bonds. The monoisotopic (exact) mass is 853 g/mol. The summed E-state index contributed by atoms with van der Waals surface area (Å²) in [6.45, 7) is 4.63. The highest BCUT2D eigenvalue weighted by Gasteiger charge is 2.23. The Morgan fingerprint density at radius 1 is 0.576 bits per heavy atom. The van der Waals surface area contributed by atoms with Gasteiger partial charge >= 0.3 is 0 Å². The van der Waals surface area contributed by atoms with Gasteiger partial charge in [-0.3, -0.25) is 9.36 Å². The van der Waals surface area contributed by atoms with Crippen molar-refractivity contribution in [1.29, 1.82) is 0 Å². The average molecular weight is 853 g/mol. The molecule has 0 heterocycles. The summed E-state index contributed by atoms with van der Waals surface area (Å²) < 4.78 is 23.2. The first-order chi connectivity index (χ1) is 28.5. The number of hydrogen-bond donors (Lipinski definition) is 2. The van der Waals surface area contributed by atoms with Crippen molar-refractivity contribution in [3.05, 3.63) is 36.5 Å². The van der Waals surface area contributed by atoms with Crippen molar-refractivity contribution >= 4 is 13.7 Å². The minimum absolute atomic E-state index is 0.00766. The summed E-state index contributed by atoms with van der Waals surface area (Å²) in [6, 6.07) is -0.906. The van der Waals surface area contributed by atoms with Gasteiger partial charge in [0.05, 0.1) is 39.9 Å². The third kappa shape index (κ3) is 44.6. The van der Waals surface area contributed by atoms with E-state index in [-0.39, 0.29) is 12.5 Å². The van der Waals surface area contributed by atoms with E-state index in [1.807, 2.05) is 27.2 Å². The standard InChI is InChI=1S/C50H97N2O6P/c1-6-8-10-12-14-16-18-20-22-24-25-26-28-29-31-33-35-37-39-41-43-49(53)48(47-58-59(55,56)57-46-45-52(3,4)5)51-50(54)44-42-40-38-36-34-32-30-27-23-21-19-17-15-13-11-9-7-2/h26,28,33,35,41,43,48-49,53H,6-25,27,29-32,34,36-40,42,44-47H2,1-5H3,(H-,51,54,55,56)/b28-26+,35-33+,43-41+. The van der Waals surface area contributed by atoms with Gasteiger partial charge in [0, 0.05) is 6.42 Å². The summed E-state index contributed by atoms with van der Waals surface area (Å²) in [5.41, 5.74) is 0. The number of phosphoric acid groups is 1. The quantitative estimate of drug-likeness (QED) is 0.0273. The lowest BCUT2D eigenvalue weighted by molar-refractivity contribution is -0.870. The predicted octanol–water partition coefficient (Wildman–Crippen LogP) is 13.6. The zero-order valence-corrected chi connectivity index (χ0v) is 40.4. The minimum Gasteiger partial charge on any atom is -0.756 e. The molecule has 0 fully saturated rings. The fraction of sp³-hybridized carbons (Fsp3) is 0.860. The highest BCUT2D eigenvalue weighted by molar-refractivity contribution is 7.45. The highest BCUT2D eigenvalue weighted by atomic mass is 31.2. The molecule has 3 unspecified atom stereocenters. The number of unbranched alkanes of at least 4 members (excludes halogenated alkanes) is 28. The van der Waals surface area contributed by atoms with Gasteiger partial charge in [-0.15, -0.1) is 0 Å². The molecular formula is C50H97N2O6P. The van der Waals surface area contributed by atoms with E-state index in [4.69, 9.17) is 9.05 Å². The van der Waals surface area contributed by atoms with E-state index < -0.39 is 26.6 Å². The number of quaternary nitrogens is 1. The third-order valence-electron chi connectivity index (χ3n) is 11.1. The third-order valence-corrected chi connectivity index (χ3v) is 12.0. The van der Waals surface area contributed by atoms with Gasteiger partial charge in [0.1, 0.15) is 13.2 Å². The molecule has 348 valence electrons. The van der Waals surface area contributed by atoms with Crippen molar-refractivity contribution in [3.8, 4) is 0 Å². The maximum Gasteiger partial charge on any atom is 0.268 e. The lowest BCUT2D eigenvalue weighted by Gasteiger charge is -2.29. The van der Waals surface area contributed by atoms with E-state index in [1.165, 1.54) is 161 Å². The Labute approximate surface area is 366 Å². The van der Waals surface area contributed by atoms with Gasteiger partial charge in [-0.2, -0.15) is 0 Å². The first-order valence-electron chi connectivity index (χ1n) is 24.9.